The topological polar surface area (TPSA) is 102 Å². The number of carboxylic acids is 1. The second kappa shape index (κ2) is 7.71. The molecule has 0 saturated heterocycles. The van der Waals surface area contributed by atoms with Crippen LogP contribution in [0.5, 0.6) is 11.5 Å². The maximum atomic E-state index is 12.7. The summed E-state index contributed by atoms with van der Waals surface area (Å²) >= 11 is 0. The Morgan fingerprint density at radius 2 is 1.76 bits per heavy atom. The first-order chi connectivity index (χ1) is 11.9. The van der Waals surface area contributed by atoms with E-state index in [1.807, 2.05) is 0 Å². The number of benzene rings is 2. The maximum Gasteiger partial charge on any atom is 0.328 e. The van der Waals surface area contributed by atoms with Gasteiger partial charge in [0, 0.05) is 11.8 Å². The minimum Gasteiger partial charge on any atom is -0.497 e. The Balaban J connectivity index is 2.38. The van der Waals surface area contributed by atoms with E-state index >= 15 is 0 Å². The van der Waals surface area contributed by atoms with E-state index in [-0.39, 0.29) is 10.6 Å². The number of anilines is 1. The van der Waals surface area contributed by atoms with Gasteiger partial charge in [-0.2, -0.15) is 0 Å². The van der Waals surface area contributed by atoms with E-state index in [4.69, 9.17) is 14.6 Å². The Bertz CT molecular complexity index is 888. The first kappa shape index (κ1) is 18.3. The van der Waals surface area contributed by atoms with Crippen molar-refractivity contribution in [3.63, 3.8) is 0 Å². The van der Waals surface area contributed by atoms with Gasteiger partial charge in [-0.15, -0.1) is 0 Å². The van der Waals surface area contributed by atoms with E-state index in [9.17, 15) is 13.2 Å². The third-order valence-corrected chi connectivity index (χ3v) is 4.64. The van der Waals surface area contributed by atoms with E-state index in [1.165, 1.54) is 32.4 Å². The fraction of sp³-hybridized carbons (Fsp3) is 0.118. The Labute approximate surface area is 145 Å². The molecule has 0 heterocycles. The Morgan fingerprint density at radius 3 is 2.32 bits per heavy atom. The molecule has 0 fully saturated rings. The number of methoxy groups -OCH3 is 2. The largest absolute Gasteiger partial charge is 0.497 e. The minimum atomic E-state index is -3.93. The first-order valence-electron chi connectivity index (χ1n) is 7.11. The van der Waals surface area contributed by atoms with Crippen LogP contribution in [0, 0.1) is 0 Å². The van der Waals surface area contributed by atoms with Crippen LogP contribution in [0.25, 0.3) is 6.08 Å². The standard InChI is InChI=1S/C17H17NO6S/c1-23-14-7-5-13(6-8-14)18-25(21,22)16-11-12(4-10-17(19)20)3-9-15(16)24-2/h3-11,18H,1-2H3,(H,19,20). The van der Waals surface area contributed by atoms with E-state index in [1.54, 1.807) is 30.3 Å². The summed E-state index contributed by atoms with van der Waals surface area (Å²) < 4.78 is 37.9. The molecule has 0 aliphatic rings. The van der Waals surface area contributed by atoms with Crippen LogP contribution >= 0.6 is 0 Å². The van der Waals surface area contributed by atoms with Crippen molar-refractivity contribution in [2.45, 2.75) is 4.90 Å². The lowest BCUT2D eigenvalue weighted by Crippen LogP contribution is -2.14. The molecule has 2 N–H and O–H groups in total. The average Bonchev–Trinajstić information content (AvgIpc) is 2.60. The number of ether oxygens (including phenoxy) is 2. The summed E-state index contributed by atoms with van der Waals surface area (Å²) in [6.45, 7) is 0. The molecule has 0 spiro atoms. The van der Waals surface area contributed by atoms with Gasteiger partial charge in [-0.05, 0) is 48.0 Å². The van der Waals surface area contributed by atoms with Gasteiger partial charge in [-0.3, -0.25) is 4.72 Å². The van der Waals surface area contributed by atoms with Crippen molar-refractivity contribution in [3.8, 4) is 11.5 Å². The molecule has 132 valence electrons. The van der Waals surface area contributed by atoms with Gasteiger partial charge in [-0.25, -0.2) is 13.2 Å². The molecule has 2 aromatic rings. The Kier molecular flexibility index (Phi) is 5.66. The molecule has 0 saturated carbocycles. The summed E-state index contributed by atoms with van der Waals surface area (Å²) in [5.41, 5.74) is 0.771. The van der Waals surface area contributed by atoms with Crippen molar-refractivity contribution in [2.75, 3.05) is 18.9 Å². The summed E-state index contributed by atoms with van der Waals surface area (Å²) in [4.78, 5) is 10.5. The third-order valence-electron chi connectivity index (χ3n) is 3.24. The molecule has 2 rings (SSSR count). The molecule has 0 aromatic heterocycles. The fourth-order valence-corrected chi connectivity index (χ4v) is 3.31. The van der Waals surface area contributed by atoms with E-state index in [0.717, 1.165) is 6.08 Å². The van der Waals surface area contributed by atoms with Gasteiger partial charge in [0.2, 0.25) is 0 Å². The first-order valence-corrected chi connectivity index (χ1v) is 8.60. The van der Waals surface area contributed by atoms with Crippen LogP contribution in [-0.4, -0.2) is 33.7 Å². The molecule has 0 radical (unpaired) electrons. The van der Waals surface area contributed by atoms with Crippen LogP contribution < -0.4 is 14.2 Å². The SMILES string of the molecule is COc1ccc(NS(=O)(=O)c2cc(C=CC(=O)O)ccc2OC)cc1. The zero-order valence-electron chi connectivity index (χ0n) is 13.6. The minimum absolute atomic E-state index is 0.0987. The second-order valence-electron chi connectivity index (χ2n) is 4.92. The lowest BCUT2D eigenvalue weighted by molar-refractivity contribution is -0.131. The van der Waals surface area contributed by atoms with Crippen LogP contribution in [-0.2, 0) is 14.8 Å². The molecule has 8 heteroatoms. The summed E-state index contributed by atoms with van der Waals surface area (Å²) in [6.07, 6.45) is 2.23. The van der Waals surface area contributed by atoms with Crippen LogP contribution in [0.15, 0.2) is 53.4 Å². The molecule has 25 heavy (non-hydrogen) atoms. The number of carboxylic acid groups (broad SMARTS) is 1. The van der Waals surface area contributed by atoms with Crippen LogP contribution in [0.3, 0.4) is 0 Å². The highest BCUT2D eigenvalue weighted by atomic mass is 32.2. The lowest BCUT2D eigenvalue weighted by atomic mass is 10.2. The number of sulfonamides is 1. The Morgan fingerprint density at radius 1 is 1.08 bits per heavy atom. The predicted octanol–water partition coefficient (Wildman–Crippen LogP) is 2.60. The van der Waals surface area contributed by atoms with Crippen molar-refractivity contribution in [1.29, 1.82) is 0 Å². The molecule has 0 amide bonds. The van der Waals surface area contributed by atoms with E-state index in [2.05, 4.69) is 4.72 Å². The van der Waals surface area contributed by atoms with Crippen molar-refractivity contribution in [3.05, 3.63) is 54.1 Å². The van der Waals surface area contributed by atoms with Gasteiger partial charge < -0.3 is 14.6 Å². The second-order valence-corrected chi connectivity index (χ2v) is 6.57. The number of nitrogens with one attached hydrogen (secondary N) is 1. The number of carbonyl (C=O) groups is 1. The quantitative estimate of drug-likeness (QED) is 0.733. The fourth-order valence-electron chi connectivity index (χ4n) is 2.04. The molecule has 2 aromatic carbocycles. The number of aliphatic carboxylic acids is 1. The van der Waals surface area contributed by atoms with Gasteiger partial charge in [0.05, 0.1) is 14.2 Å². The van der Waals surface area contributed by atoms with Crippen LogP contribution in [0.2, 0.25) is 0 Å². The summed E-state index contributed by atoms with van der Waals surface area (Å²) in [6, 6.07) is 10.7. The number of rotatable bonds is 7. The highest BCUT2D eigenvalue weighted by Crippen LogP contribution is 2.28. The van der Waals surface area contributed by atoms with Crippen LogP contribution in [0.4, 0.5) is 5.69 Å². The maximum absolute atomic E-state index is 12.7. The monoisotopic (exact) mass is 363 g/mol. The van der Waals surface area contributed by atoms with Gasteiger partial charge in [-0.1, -0.05) is 6.07 Å². The van der Waals surface area contributed by atoms with E-state index < -0.39 is 16.0 Å². The highest BCUT2D eigenvalue weighted by Gasteiger charge is 2.20. The zero-order chi connectivity index (χ0) is 18.4. The summed E-state index contributed by atoms with van der Waals surface area (Å²) in [7, 11) is -1.06. The molecule has 0 aliphatic carbocycles. The number of hydrogen-bond donors (Lipinski definition) is 2. The smallest absolute Gasteiger partial charge is 0.328 e. The molecule has 0 atom stereocenters. The molecule has 7 nitrogen and oxygen atoms in total. The summed E-state index contributed by atoms with van der Waals surface area (Å²) in [5.74, 6) is -0.383. The van der Waals surface area contributed by atoms with Crippen molar-refractivity contribution < 1.29 is 27.8 Å². The van der Waals surface area contributed by atoms with Gasteiger partial charge in [0.15, 0.2) is 0 Å². The summed E-state index contributed by atoms with van der Waals surface area (Å²) in [5, 5.41) is 8.69. The van der Waals surface area contributed by atoms with Gasteiger partial charge in [0.1, 0.15) is 16.4 Å². The van der Waals surface area contributed by atoms with Gasteiger partial charge in [0.25, 0.3) is 10.0 Å². The lowest BCUT2D eigenvalue weighted by Gasteiger charge is -2.12. The van der Waals surface area contributed by atoms with Crippen molar-refractivity contribution in [2.24, 2.45) is 0 Å². The van der Waals surface area contributed by atoms with Crippen molar-refractivity contribution in [1.82, 2.24) is 0 Å². The van der Waals surface area contributed by atoms with Gasteiger partial charge >= 0.3 is 5.97 Å². The molecular formula is C17H17NO6S. The van der Waals surface area contributed by atoms with E-state index in [0.29, 0.717) is 17.0 Å². The number of hydrogen-bond acceptors (Lipinski definition) is 5. The van der Waals surface area contributed by atoms with Crippen molar-refractivity contribution >= 4 is 27.8 Å². The normalized spacial score (nSPS) is 11.3. The predicted molar refractivity (Wildman–Crippen MR) is 93.5 cm³/mol. The average molecular weight is 363 g/mol. The molecule has 0 bridgehead atoms. The molecular weight excluding hydrogens is 346 g/mol. The Hall–Kier alpha value is -3.00. The zero-order valence-corrected chi connectivity index (χ0v) is 14.4. The van der Waals surface area contributed by atoms with Crippen LogP contribution in [0.1, 0.15) is 5.56 Å². The highest BCUT2D eigenvalue weighted by molar-refractivity contribution is 7.92. The molecule has 0 unspecified atom stereocenters. The third kappa shape index (κ3) is 4.74. The molecule has 0 aliphatic heterocycles.